The Morgan fingerprint density at radius 1 is 1.04 bits per heavy atom. The predicted octanol–water partition coefficient (Wildman–Crippen LogP) is 2.83. The molecule has 1 atom stereocenters. The Hall–Kier alpha value is -1.94. The van der Waals surface area contributed by atoms with Crippen LogP contribution in [0.4, 0.5) is 5.82 Å². The van der Waals surface area contributed by atoms with Gasteiger partial charge >= 0.3 is 0 Å². The summed E-state index contributed by atoms with van der Waals surface area (Å²) in [6.45, 7) is 4.29. The molecule has 0 spiro atoms. The first kappa shape index (κ1) is 14.6. The third-order valence-electron chi connectivity index (χ3n) is 5.15. The van der Waals surface area contributed by atoms with Gasteiger partial charge in [-0.2, -0.15) is 5.10 Å². The average Bonchev–Trinajstić information content (AvgIpc) is 3.01. The number of rotatable bonds is 3. The van der Waals surface area contributed by atoms with Crippen molar-refractivity contribution in [3.05, 3.63) is 53.2 Å². The van der Waals surface area contributed by atoms with Gasteiger partial charge in [-0.05, 0) is 62.4 Å². The van der Waals surface area contributed by atoms with Crippen LogP contribution in [0, 0.1) is 6.92 Å². The van der Waals surface area contributed by atoms with Crippen molar-refractivity contribution in [3.8, 4) is 0 Å². The highest BCUT2D eigenvalue weighted by atomic mass is 15.2. The minimum Gasteiger partial charge on any atom is -0.365 e. The lowest BCUT2D eigenvalue weighted by Crippen LogP contribution is -2.47. The summed E-state index contributed by atoms with van der Waals surface area (Å²) in [6, 6.07) is 14.1. The van der Waals surface area contributed by atoms with Crippen LogP contribution in [-0.4, -0.2) is 40.3 Å². The number of likely N-dealkylation sites (tertiary alicyclic amines) is 1. The Balaban J connectivity index is 1.39. The van der Waals surface area contributed by atoms with Gasteiger partial charge < -0.3 is 5.32 Å². The summed E-state index contributed by atoms with van der Waals surface area (Å²) in [5, 5.41) is 12.0. The number of piperidine rings is 1. The van der Waals surface area contributed by atoms with Crippen LogP contribution >= 0.6 is 0 Å². The Labute approximate surface area is 137 Å². The molecular formula is C19H24N4. The monoisotopic (exact) mass is 308 g/mol. The molecule has 4 heteroatoms. The summed E-state index contributed by atoms with van der Waals surface area (Å²) in [5.41, 5.74) is 4.04. The van der Waals surface area contributed by atoms with Crippen LogP contribution in [0.5, 0.6) is 0 Å². The van der Waals surface area contributed by atoms with Crippen molar-refractivity contribution in [1.29, 1.82) is 0 Å². The van der Waals surface area contributed by atoms with Crippen molar-refractivity contribution in [2.45, 2.75) is 44.7 Å². The first-order chi connectivity index (χ1) is 11.3. The first-order valence-electron chi connectivity index (χ1n) is 8.65. The fourth-order valence-electron chi connectivity index (χ4n) is 3.93. The lowest BCUT2D eigenvalue weighted by molar-refractivity contribution is 0.158. The molecule has 2 heterocycles. The minimum absolute atomic E-state index is 0.476. The Bertz CT molecular complexity index is 642. The Kier molecular flexibility index (Phi) is 4.00. The van der Waals surface area contributed by atoms with E-state index < -0.39 is 0 Å². The molecule has 1 aliphatic heterocycles. The van der Waals surface area contributed by atoms with Crippen molar-refractivity contribution in [2.75, 3.05) is 18.4 Å². The number of hydrogen-bond acceptors (Lipinski definition) is 4. The third-order valence-corrected chi connectivity index (χ3v) is 5.15. The number of benzene rings is 1. The van der Waals surface area contributed by atoms with Gasteiger partial charge in [-0.15, -0.1) is 5.10 Å². The van der Waals surface area contributed by atoms with Crippen molar-refractivity contribution in [2.24, 2.45) is 0 Å². The van der Waals surface area contributed by atoms with E-state index in [0.29, 0.717) is 12.1 Å². The number of hydrogen-bond donors (Lipinski definition) is 1. The van der Waals surface area contributed by atoms with E-state index in [0.717, 1.165) is 18.1 Å². The van der Waals surface area contributed by atoms with Crippen molar-refractivity contribution in [1.82, 2.24) is 15.1 Å². The molecule has 4 nitrogen and oxygen atoms in total. The topological polar surface area (TPSA) is 41.0 Å². The maximum Gasteiger partial charge on any atom is 0.148 e. The number of anilines is 1. The zero-order chi connectivity index (χ0) is 15.6. The normalized spacial score (nSPS) is 22.0. The highest BCUT2D eigenvalue weighted by Gasteiger charge is 2.30. The van der Waals surface area contributed by atoms with E-state index in [1.165, 1.54) is 43.4 Å². The van der Waals surface area contributed by atoms with E-state index in [1.54, 1.807) is 0 Å². The Morgan fingerprint density at radius 2 is 1.83 bits per heavy atom. The van der Waals surface area contributed by atoms with Crippen LogP contribution in [0.1, 0.15) is 29.7 Å². The molecule has 1 aromatic carbocycles. The zero-order valence-electron chi connectivity index (χ0n) is 13.7. The molecule has 1 saturated heterocycles. The number of nitrogens with one attached hydrogen (secondary N) is 1. The van der Waals surface area contributed by atoms with E-state index in [-0.39, 0.29) is 0 Å². The van der Waals surface area contributed by atoms with Crippen LogP contribution in [-0.2, 0) is 12.8 Å². The lowest BCUT2D eigenvalue weighted by Gasteiger charge is -2.37. The van der Waals surface area contributed by atoms with Gasteiger partial charge in [-0.3, -0.25) is 4.90 Å². The maximum absolute atomic E-state index is 4.25. The second-order valence-corrected chi connectivity index (χ2v) is 6.87. The largest absolute Gasteiger partial charge is 0.365 e. The zero-order valence-corrected chi connectivity index (χ0v) is 13.7. The molecule has 1 aromatic heterocycles. The standard InChI is InChI=1S/C19H24N4/c1-14-8-9-19(22-21-14)20-17-7-4-10-23(13-17)18-11-15-5-2-3-6-16(15)12-18/h2-3,5-6,8-9,17-18H,4,7,10-13H2,1H3,(H,20,22)/t17-/m0/s1. The molecule has 1 N–H and O–H groups in total. The first-order valence-corrected chi connectivity index (χ1v) is 8.65. The highest BCUT2D eigenvalue weighted by Crippen LogP contribution is 2.27. The van der Waals surface area contributed by atoms with E-state index >= 15 is 0 Å². The van der Waals surface area contributed by atoms with Crippen molar-refractivity contribution >= 4 is 5.82 Å². The second kappa shape index (κ2) is 6.28. The summed E-state index contributed by atoms with van der Waals surface area (Å²) in [7, 11) is 0. The summed E-state index contributed by atoms with van der Waals surface area (Å²) < 4.78 is 0. The van der Waals surface area contributed by atoms with Crippen LogP contribution < -0.4 is 5.32 Å². The van der Waals surface area contributed by atoms with Crippen LogP contribution in [0.25, 0.3) is 0 Å². The minimum atomic E-state index is 0.476. The van der Waals surface area contributed by atoms with Crippen LogP contribution in [0.3, 0.4) is 0 Å². The highest BCUT2D eigenvalue weighted by molar-refractivity contribution is 5.35. The second-order valence-electron chi connectivity index (χ2n) is 6.87. The van der Waals surface area contributed by atoms with Crippen molar-refractivity contribution < 1.29 is 0 Å². The van der Waals surface area contributed by atoms with Gasteiger partial charge in [0, 0.05) is 18.6 Å². The number of fused-ring (bicyclic) bond motifs is 1. The molecule has 0 unspecified atom stereocenters. The molecule has 1 aliphatic carbocycles. The number of aromatic nitrogens is 2. The summed E-state index contributed by atoms with van der Waals surface area (Å²) >= 11 is 0. The third kappa shape index (κ3) is 3.22. The molecule has 4 rings (SSSR count). The SMILES string of the molecule is Cc1ccc(N[C@H]2CCCN(C3Cc4ccccc4C3)C2)nn1. The summed E-state index contributed by atoms with van der Waals surface area (Å²) in [6.07, 6.45) is 4.87. The van der Waals surface area contributed by atoms with Gasteiger partial charge in [-0.25, -0.2) is 0 Å². The lowest BCUT2D eigenvalue weighted by atomic mass is 10.0. The maximum atomic E-state index is 4.25. The molecule has 2 aromatic rings. The average molecular weight is 308 g/mol. The quantitative estimate of drug-likeness (QED) is 0.946. The van der Waals surface area contributed by atoms with Crippen LogP contribution in [0.2, 0.25) is 0 Å². The Morgan fingerprint density at radius 3 is 2.52 bits per heavy atom. The van der Waals surface area contributed by atoms with Crippen molar-refractivity contribution in [3.63, 3.8) is 0 Å². The van der Waals surface area contributed by atoms with E-state index in [2.05, 4.69) is 44.7 Å². The smallest absolute Gasteiger partial charge is 0.148 e. The molecule has 23 heavy (non-hydrogen) atoms. The number of aryl methyl sites for hydroxylation is 1. The fraction of sp³-hybridized carbons (Fsp3) is 0.474. The fourth-order valence-corrected chi connectivity index (χ4v) is 3.93. The molecular weight excluding hydrogens is 284 g/mol. The molecule has 0 radical (unpaired) electrons. The molecule has 0 bridgehead atoms. The van der Waals surface area contributed by atoms with Gasteiger partial charge in [-0.1, -0.05) is 24.3 Å². The van der Waals surface area contributed by atoms with Crippen LogP contribution in [0.15, 0.2) is 36.4 Å². The van der Waals surface area contributed by atoms with E-state index in [1.807, 2.05) is 19.1 Å². The molecule has 0 amide bonds. The van der Waals surface area contributed by atoms with Gasteiger partial charge in [0.05, 0.1) is 5.69 Å². The molecule has 2 aliphatic rings. The molecule has 1 fully saturated rings. The summed E-state index contributed by atoms with van der Waals surface area (Å²) in [4.78, 5) is 2.67. The molecule has 120 valence electrons. The summed E-state index contributed by atoms with van der Waals surface area (Å²) in [5.74, 6) is 0.900. The molecule has 0 saturated carbocycles. The number of nitrogens with zero attached hydrogens (tertiary/aromatic N) is 3. The van der Waals surface area contributed by atoms with Gasteiger partial charge in [0.25, 0.3) is 0 Å². The van der Waals surface area contributed by atoms with E-state index in [9.17, 15) is 0 Å². The van der Waals surface area contributed by atoms with Gasteiger partial charge in [0.2, 0.25) is 0 Å². The van der Waals surface area contributed by atoms with Gasteiger partial charge in [0.1, 0.15) is 5.82 Å². The van der Waals surface area contributed by atoms with Gasteiger partial charge in [0.15, 0.2) is 0 Å². The van der Waals surface area contributed by atoms with E-state index in [4.69, 9.17) is 0 Å². The predicted molar refractivity (Wildman–Crippen MR) is 92.6 cm³/mol.